The molecule has 0 radical (unpaired) electrons. The van der Waals surface area contributed by atoms with E-state index < -0.39 is 6.09 Å². The van der Waals surface area contributed by atoms with Crippen LogP contribution in [0, 0.1) is 5.92 Å². The first kappa shape index (κ1) is 15.9. The number of likely N-dealkylation sites (tertiary alicyclic amines) is 1. The molecule has 0 bridgehead atoms. The Bertz CT molecular complexity index is 410. The average molecular weight is 285 g/mol. The number of rotatable bonds is 6. The van der Waals surface area contributed by atoms with Crippen molar-refractivity contribution in [1.82, 2.24) is 15.5 Å². The molecule has 0 spiro atoms. The number of nitrogens with one attached hydrogen (secondary N) is 2. The van der Waals surface area contributed by atoms with Gasteiger partial charge in [-0.15, -0.1) is 0 Å². The van der Waals surface area contributed by atoms with Gasteiger partial charge in [-0.1, -0.05) is 6.92 Å². The fourth-order valence-corrected chi connectivity index (χ4v) is 1.79. The van der Waals surface area contributed by atoms with E-state index in [1.165, 1.54) is 7.11 Å². The first-order valence-corrected chi connectivity index (χ1v) is 6.38. The molecule has 0 aliphatic carbocycles. The second kappa shape index (κ2) is 7.46. The van der Waals surface area contributed by atoms with E-state index >= 15 is 0 Å². The zero-order valence-electron chi connectivity index (χ0n) is 11.6. The van der Waals surface area contributed by atoms with Crippen LogP contribution in [0.4, 0.5) is 4.79 Å². The van der Waals surface area contributed by atoms with E-state index in [1.54, 1.807) is 6.92 Å². The molecule has 1 aliphatic heterocycles. The number of carbonyl (C=O) groups excluding carboxylic acids is 4. The van der Waals surface area contributed by atoms with E-state index in [2.05, 4.69) is 15.4 Å². The first-order valence-electron chi connectivity index (χ1n) is 6.38. The summed E-state index contributed by atoms with van der Waals surface area (Å²) < 4.78 is 4.38. The molecule has 1 atom stereocenters. The number of amides is 4. The summed E-state index contributed by atoms with van der Waals surface area (Å²) in [6.07, 6.45) is 0.160. The van der Waals surface area contributed by atoms with Crippen molar-refractivity contribution < 1.29 is 23.9 Å². The Labute approximate surface area is 116 Å². The highest BCUT2D eigenvalue weighted by molar-refractivity contribution is 6.05. The van der Waals surface area contributed by atoms with E-state index in [1.807, 2.05) is 0 Å². The Morgan fingerprint density at radius 3 is 2.50 bits per heavy atom. The van der Waals surface area contributed by atoms with Gasteiger partial charge in [-0.25, -0.2) is 4.79 Å². The van der Waals surface area contributed by atoms with Gasteiger partial charge < -0.3 is 15.4 Å². The van der Waals surface area contributed by atoms with E-state index in [-0.39, 0.29) is 36.6 Å². The van der Waals surface area contributed by atoms with Crippen LogP contribution in [-0.4, -0.2) is 55.5 Å². The summed E-state index contributed by atoms with van der Waals surface area (Å²) in [5, 5.41) is 5.05. The molecule has 1 fully saturated rings. The highest BCUT2D eigenvalue weighted by Crippen LogP contribution is 2.17. The minimum absolute atomic E-state index is 0.162. The normalized spacial score (nSPS) is 18.1. The van der Waals surface area contributed by atoms with Gasteiger partial charge in [0.2, 0.25) is 17.7 Å². The molecule has 8 heteroatoms. The summed E-state index contributed by atoms with van der Waals surface area (Å²) in [5.74, 6) is -1.36. The quantitative estimate of drug-likeness (QED) is 0.493. The van der Waals surface area contributed by atoms with Gasteiger partial charge in [-0.05, 0) is 6.42 Å². The minimum Gasteiger partial charge on any atom is -0.453 e. The van der Waals surface area contributed by atoms with Crippen molar-refractivity contribution in [2.45, 2.75) is 19.8 Å². The van der Waals surface area contributed by atoms with Crippen molar-refractivity contribution in [3.63, 3.8) is 0 Å². The molecule has 20 heavy (non-hydrogen) atoms. The fraction of sp³-hybridized carbons (Fsp3) is 0.667. The van der Waals surface area contributed by atoms with E-state index in [0.717, 1.165) is 4.90 Å². The van der Waals surface area contributed by atoms with Crippen LogP contribution < -0.4 is 10.6 Å². The van der Waals surface area contributed by atoms with Crippen LogP contribution >= 0.6 is 0 Å². The Kier molecular flexibility index (Phi) is 5.95. The molecule has 112 valence electrons. The fourth-order valence-electron chi connectivity index (χ4n) is 1.79. The Balaban J connectivity index is 2.19. The minimum atomic E-state index is -0.529. The number of alkyl carbamates (subject to hydrolysis) is 1. The van der Waals surface area contributed by atoms with Crippen LogP contribution in [0.25, 0.3) is 0 Å². The first-order chi connectivity index (χ1) is 9.45. The summed E-state index contributed by atoms with van der Waals surface area (Å²) in [4.78, 5) is 46.4. The number of methoxy groups -OCH3 is 1. The molecular weight excluding hydrogens is 266 g/mol. The molecule has 8 nitrogen and oxygen atoms in total. The van der Waals surface area contributed by atoms with Gasteiger partial charge in [0.05, 0.1) is 7.11 Å². The van der Waals surface area contributed by atoms with E-state index in [0.29, 0.717) is 19.5 Å². The monoisotopic (exact) mass is 285 g/mol. The standard InChI is InChI=1S/C12H19N3O5/c1-8-6-10(17)15(11(8)18)7-9(16)13-4-3-5-14-12(19)20-2/h8H,3-7H2,1-2H3,(H,13,16)(H,14,19). The highest BCUT2D eigenvalue weighted by atomic mass is 16.5. The van der Waals surface area contributed by atoms with Gasteiger partial charge in [0, 0.05) is 25.4 Å². The maximum Gasteiger partial charge on any atom is 0.406 e. The summed E-state index contributed by atoms with van der Waals surface area (Å²) >= 11 is 0. The summed E-state index contributed by atoms with van der Waals surface area (Å²) in [7, 11) is 1.27. The molecule has 4 amide bonds. The predicted molar refractivity (Wildman–Crippen MR) is 68.5 cm³/mol. The van der Waals surface area contributed by atoms with Crippen molar-refractivity contribution in [3.8, 4) is 0 Å². The molecule has 1 saturated heterocycles. The smallest absolute Gasteiger partial charge is 0.406 e. The zero-order valence-corrected chi connectivity index (χ0v) is 11.6. The van der Waals surface area contributed by atoms with E-state index in [4.69, 9.17) is 0 Å². The summed E-state index contributed by atoms with van der Waals surface area (Å²) in [5.41, 5.74) is 0. The third-order valence-electron chi connectivity index (χ3n) is 2.90. The number of carbonyl (C=O) groups is 4. The van der Waals surface area contributed by atoms with Crippen LogP contribution in [0.2, 0.25) is 0 Å². The van der Waals surface area contributed by atoms with Crippen LogP contribution in [-0.2, 0) is 19.1 Å². The van der Waals surface area contributed by atoms with Gasteiger partial charge in [-0.3, -0.25) is 19.3 Å². The lowest BCUT2D eigenvalue weighted by atomic mass is 10.1. The lowest BCUT2D eigenvalue weighted by Crippen LogP contribution is -2.41. The molecule has 0 aromatic carbocycles. The van der Waals surface area contributed by atoms with Gasteiger partial charge in [0.25, 0.3) is 0 Å². The second-order valence-corrected chi connectivity index (χ2v) is 4.55. The van der Waals surface area contributed by atoms with Crippen molar-refractivity contribution in [2.75, 3.05) is 26.7 Å². The molecule has 1 aliphatic rings. The Morgan fingerprint density at radius 1 is 1.30 bits per heavy atom. The van der Waals surface area contributed by atoms with Crippen LogP contribution in [0.3, 0.4) is 0 Å². The molecule has 1 heterocycles. The number of hydrogen-bond donors (Lipinski definition) is 2. The molecule has 0 aromatic heterocycles. The van der Waals surface area contributed by atoms with Crippen molar-refractivity contribution >= 4 is 23.8 Å². The number of imide groups is 1. The van der Waals surface area contributed by atoms with Crippen molar-refractivity contribution in [1.29, 1.82) is 0 Å². The van der Waals surface area contributed by atoms with Crippen molar-refractivity contribution in [2.24, 2.45) is 5.92 Å². The van der Waals surface area contributed by atoms with Crippen molar-refractivity contribution in [3.05, 3.63) is 0 Å². The molecule has 0 saturated carbocycles. The second-order valence-electron chi connectivity index (χ2n) is 4.55. The Hall–Kier alpha value is -2.12. The largest absolute Gasteiger partial charge is 0.453 e. The van der Waals surface area contributed by atoms with Gasteiger partial charge in [0.15, 0.2) is 0 Å². The third-order valence-corrected chi connectivity index (χ3v) is 2.90. The van der Waals surface area contributed by atoms with Crippen LogP contribution in [0.1, 0.15) is 19.8 Å². The van der Waals surface area contributed by atoms with Gasteiger partial charge >= 0.3 is 6.09 Å². The molecule has 0 aromatic rings. The maximum atomic E-state index is 11.6. The van der Waals surface area contributed by atoms with Gasteiger partial charge in [-0.2, -0.15) is 0 Å². The molecular formula is C12H19N3O5. The molecule has 2 N–H and O–H groups in total. The third kappa shape index (κ3) is 4.52. The molecule has 1 rings (SSSR count). The number of nitrogens with zero attached hydrogens (tertiary/aromatic N) is 1. The van der Waals surface area contributed by atoms with Gasteiger partial charge in [0.1, 0.15) is 6.54 Å². The maximum absolute atomic E-state index is 11.6. The lowest BCUT2D eigenvalue weighted by Gasteiger charge is -2.14. The SMILES string of the molecule is COC(=O)NCCCNC(=O)CN1C(=O)CC(C)C1=O. The van der Waals surface area contributed by atoms with E-state index in [9.17, 15) is 19.2 Å². The summed E-state index contributed by atoms with van der Waals surface area (Å²) in [6.45, 7) is 2.13. The number of hydrogen-bond acceptors (Lipinski definition) is 5. The predicted octanol–water partition coefficient (Wildman–Crippen LogP) is -0.756. The lowest BCUT2D eigenvalue weighted by molar-refractivity contribution is -0.143. The highest BCUT2D eigenvalue weighted by Gasteiger charge is 2.36. The topological polar surface area (TPSA) is 105 Å². The van der Waals surface area contributed by atoms with Crippen LogP contribution in [0.15, 0.2) is 0 Å². The Morgan fingerprint density at radius 2 is 1.95 bits per heavy atom. The average Bonchev–Trinajstić information content (AvgIpc) is 2.64. The summed E-state index contributed by atoms with van der Waals surface area (Å²) in [6, 6.07) is 0. The van der Waals surface area contributed by atoms with Crippen LogP contribution in [0.5, 0.6) is 0 Å². The number of ether oxygens (including phenoxy) is 1. The zero-order chi connectivity index (χ0) is 15.1. The molecule has 1 unspecified atom stereocenters.